The number of carbonyl (C=O) groups is 1. The maximum atomic E-state index is 11.5. The van der Waals surface area contributed by atoms with Gasteiger partial charge < -0.3 is 20.1 Å². The number of benzene rings is 1. The van der Waals surface area contributed by atoms with Gasteiger partial charge in [-0.25, -0.2) is 0 Å². The molecule has 19 heavy (non-hydrogen) atoms. The van der Waals surface area contributed by atoms with E-state index in [9.17, 15) is 9.90 Å². The minimum Gasteiger partial charge on any atom is -0.504 e. The lowest BCUT2D eigenvalue weighted by molar-refractivity contribution is -0.124. The number of phenolic OH excluding ortho intramolecular Hbond substituents is 1. The predicted molar refractivity (Wildman–Crippen MR) is 74.2 cm³/mol. The molecular formula is C14H22N2O3. The minimum atomic E-state index is -0.0611. The van der Waals surface area contributed by atoms with E-state index in [1.54, 1.807) is 19.2 Å². The van der Waals surface area contributed by atoms with Gasteiger partial charge in [0.2, 0.25) is 5.91 Å². The number of amides is 1. The summed E-state index contributed by atoms with van der Waals surface area (Å²) in [4.78, 5) is 13.5. The summed E-state index contributed by atoms with van der Waals surface area (Å²) >= 11 is 0. The molecule has 0 aromatic heterocycles. The van der Waals surface area contributed by atoms with Crippen molar-refractivity contribution in [1.29, 1.82) is 0 Å². The van der Waals surface area contributed by atoms with E-state index in [2.05, 4.69) is 10.2 Å². The molecule has 5 nitrogen and oxygen atoms in total. The van der Waals surface area contributed by atoms with Crippen LogP contribution in [0, 0.1) is 5.92 Å². The Balaban J connectivity index is 2.61. The zero-order valence-electron chi connectivity index (χ0n) is 11.9. The van der Waals surface area contributed by atoms with Crippen molar-refractivity contribution in [3.05, 3.63) is 23.8 Å². The average molecular weight is 266 g/mol. The molecule has 0 aliphatic rings. The Hall–Kier alpha value is -1.75. The van der Waals surface area contributed by atoms with Crippen LogP contribution in [0.25, 0.3) is 0 Å². The van der Waals surface area contributed by atoms with Gasteiger partial charge in [-0.1, -0.05) is 13.0 Å². The van der Waals surface area contributed by atoms with Gasteiger partial charge in [0.15, 0.2) is 11.5 Å². The van der Waals surface area contributed by atoms with Gasteiger partial charge in [-0.3, -0.25) is 4.79 Å². The molecule has 1 amide bonds. The lowest BCUT2D eigenvalue weighted by Crippen LogP contribution is -2.34. The molecule has 0 heterocycles. The van der Waals surface area contributed by atoms with E-state index in [-0.39, 0.29) is 17.6 Å². The second-order valence-corrected chi connectivity index (χ2v) is 4.72. The highest BCUT2D eigenvalue weighted by molar-refractivity contribution is 5.78. The zero-order valence-corrected chi connectivity index (χ0v) is 11.9. The van der Waals surface area contributed by atoms with Gasteiger partial charge in [0.1, 0.15) is 0 Å². The average Bonchev–Trinajstić information content (AvgIpc) is 2.39. The summed E-state index contributed by atoms with van der Waals surface area (Å²) in [5.74, 6) is 0.571. The van der Waals surface area contributed by atoms with Gasteiger partial charge in [0.05, 0.1) is 7.11 Å². The quantitative estimate of drug-likeness (QED) is 0.812. The second-order valence-electron chi connectivity index (χ2n) is 4.72. The smallest absolute Gasteiger partial charge is 0.223 e. The van der Waals surface area contributed by atoms with E-state index in [1.807, 2.05) is 20.0 Å². The van der Waals surface area contributed by atoms with Crippen LogP contribution in [-0.4, -0.2) is 43.7 Å². The first-order valence-corrected chi connectivity index (χ1v) is 6.24. The summed E-state index contributed by atoms with van der Waals surface area (Å²) < 4.78 is 5.07. The van der Waals surface area contributed by atoms with Crippen LogP contribution in [0.3, 0.4) is 0 Å². The van der Waals surface area contributed by atoms with Crippen LogP contribution in [0.4, 0.5) is 0 Å². The zero-order chi connectivity index (χ0) is 14.4. The molecule has 106 valence electrons. The molecule has 0 aliphatic heterocycles. The Morgan fingerprint density at radius 1 is 1.53 bits per heavy atom. The van der Waals surface area contributed by atoms with Crippen LogP contribution >= 0.6 is 0 Å². The number of nitrogens with one attached hydrogen (secondary N) is 1. The number of hydrogen-bond acceptors (Lipinski definition) is 4. The summed E-state index contributed by atoms with van der Waals surface area (Å²) in [6, 6.07) is 5.26. The Kier molecular flexibility index (Phi) is 5.63. The molecule has 1 rings (SSSR count). The van der Waals surface area contributed by atoms with Crippen molar-refractivity contribution in [3.63, 3.8) is 0 Å². The van der Waals surface area contributed by atoms with Crippen molar-refractivity contribution in [2.45, 2.75) is 13.5 Å². The molecule has 0 saturated carbocycles. The van der Waals surface area contributed by atoms with E-state index in [4.69, 9.17) is 4.74 Å². The highest BCUT2D eigenvalue weighted by Gasteiger charge is 2.14. The molecule has 1 aromatic carbocycles. The van der Waals surface area contributed by atoms with Crippen LogP contribution < -0.4 is 10.1 Å². The summed E-state index contributed by atoms with van der Waals surface area (Å²) in [6.07, 6.45) is 0. The molecule has 0 spiro atoms. The van der Waals surface area contributed by atoms with E-state index in [0.717, 1.165) is 5.56 Å². The third-order valence-electron chi connectivity index (χ3n) is 2.98. The summed E-state index contributed by atoms with van der Waals surface area (Å²) in [5.41, 5.74) is 1.03. The third-order valence-corrected chi connectivity index (χ3v) is 2.98. The summed E-state index contributed by atoms with van der Waals surface area (Å²) in [7, 11) is 5.12. The highest BCUT2D eigenvalue weighted by atomic mass is 16.5. The second kappa shape index (κ2) is 6.99. The number of nitrogens with zero attached hydrogens (tertiary/aromatic N) is 1. The van der Waals surface area contributed by atoms with Gasteiger partial charge in [-0.05, 0) is 24.7 Å². The Labute approximate surface area is 114 Å². The molecular weight excluding hydrogens is 244 g/mol. The summed E-state index contributed by atoms with van der Waals surface area (Å²) in [6.45, 7) is 3.26. The number of ether oxygens (including phenoxy) is 1. The number of phenols is 1. The number of rotatable bonds is 6. The van der Waals surface area contributed by atoms with Crippen molar-refractivity contribution in [3.8, 4) is 11.5 Å². The van der Waals surface area contributed by atoms with Crippen LogP contribution in [-0.2, 0) is 11.3 Å². The molecule has 2 N–H and O–H groups in total. The molecule has 0 bridgehead atoms. The minimum absolute atomic E-state index is 0.0372. The number of carbonyl (C=O) groups excluding carboxylic acids is 1. The highest BCUT2D eigenvalue weighted by Crippen LogP contribution is 2.26. The third kappa shape index (κ3) is 4.44. The predicted octanol–water partition coefficient (Wildman–Crippen LogP) is 1.21. The maximum absolute atomic E-state index is 11.5. The first-order valence-electron chi connectivity index (χ1n) is 6.24. The van der Waals surface area contributed by atoms with E-state index >= 15 is 0 Å². The number of aromatic hydroxyl groups is 1. The lowest BCUT2D eigenvalue weighted by Gasteiger charge is -2.20. The van der Waals surface area contributed by atoms with Crippen molar-refractivity contribution in [2.75, 3.05) is 27.7 Å². The summed E-state index contributed by atoms with van der Waals surface area (Å²) in [5, 5.41) is 12.2. The number of methoxy groups -OCH3 is 1. The Morgan fingerprint density at radius 2 is 2.21 bits per heavy atom. The van der Waals surface area contributed by atoms with Gasteiger partial charge in [0, 0.05) is 26.1 Å². The maximum Gasteiger partial charge on any atom is 0.223 e. The Bertz CT molecular complexity index is 435. The molecule has 1 unspecified atom stereocenters. The van der Waals surface area contributed by atoms with Crippen molar-refractivity contribution < 1.29 is 14.6 Å². The molecule has 1 atom stereocenters. The number of hydrogen-bond donors (Lipinski definition) is 2. The first kappa shape index (κ1) is 15.3. The Morgan fingerprint density at radius 3 is 2.79 bits per heavy atom. The largest absolute Gasteiger partial charge is 0.504 e. The van der Waals surface area contributed by atoms with Crippen LogP contribution in [0.1, 0.15) is 12.5 Å². The topological polar surface area (TPSA) is 61.8 Å². The van der Waals surface area contributed by atoms with Gasteiger partial charge in [-0.2, -0.15) is 0 Å². The van der Waals surface area contributed by atoms with E-state index < -0.39 is 0 Å². The van der Waals surface area contributed by atoms with Crippen LogP contribution in [0.5, 0.6) is 11.5 Å². The van der Waals surface area contributed by atoms with Crippen LogP contribution in [0.15, 0.2) is 18.2 Å². The van der Waals surface area contributed by atoms with Crippen molar-refractivity contribution >= 4 is 5.91 Å². The molecule has 0 radical (unpaired) electrons. The molecule has 0 fully saturated rings. The van der Waals surface area contributed by atoms with Gasteiger partial charge in [-0.15, -0.1) is 0 Å². The molecule has 0 aliphatic carbocycles. The van der Waals surface area contributed by atoms with Crippen molar-refractivity contribution in [2.24, 2.45) is 5.92 Å². The molecule has 0 saturated heterocycles. The monoisotopic (exact) mass is 266 g/mol. The SMILES string of the molecule is CNC(=O)C(C)CN(C)Cc1ccc(O)c(OC)c1. The first-order chi connectivity index (χ1) is 8.97. The molecule has 1 aromatic rings. The van der Waals surface area contributed by atoms with Crippen LogP contribution in [0.2, 0.25) is 0 Å². The van der Waals surface area contributed by atoms with E-state index in [0.29, 0.717) is 18.8 Å². The van der Waals surface area contributed by atoms with E-state index in [1.165, 1.54) is 7.11 Å². The van der Waals surface area contributed by atoms with Gasteiger partial charge in [0.25, 0.3) is 0 Å². The fourth-order valence-electron chi connectivity index (χ4n) is 1.99. The van der Waals surface area contributed by atoms with Gasteiger partial charge >= 0.3 is 0 Å². The fourth-order valence-corrected chi connectivity index (χ4v) is 1.99. The fraction of sp³-hybridized carbons (Fsp3) is 0.500. The lowest BCUT2D eigenvalue weighted by atomic mass is 10.1. The standard InChI is InChI=1S/C14H22N2O3/c1-10(14(18)15-2)8-16(3)9-11-5-6-12(17)13(7-11)19-4/h5-7,10,17H,8-9H2,1-4H3,(H,15,18). The normalized spacial score (nSPS) is 12.3. The molecule has 5 heteroatoms. The van der Waals surface area contributed by atoms with Crippen molar-refractivity contribution in [1.82, 2.24) is 10.2 Å².